The molecule has 1 aromatic carbocycles. The number of aromatic hydroxyl groups is 1. The molecule has 0 aliphatic carbocycles. The Morgan fingerprint density at radius 3 is 2.38 bits per heavy atom. The quantitative estimate of drug-likeness (QED) is 0.814. The number of carbonyl (C=O) groups excluding carboxylic acids is 1. The first-order valence-electron chi connectivity index (χ1n) is 6.12. The van der Waals surface area contributed by atoms with E-state index in [1.165, 1.54) is 0 Å². The Morgan fingerprint density at radius 1 is 1.24 bits per heavy atom. The summed E-state index contributed by atoms with van der Waals surface area (Å²) < 4.78 is 39.8. The van der Waals surface area contributed by atoms with Crippen molar-refractivity contribution >= 4 is 11.9 Å². The summed E-state index contributed by atoms with van der Waals surface area (Å²) in [5, 5.41) is 18.1. The molecule has 1 amide bonds. The Morgan fingerprint density at radius 2 is 1.86 bits per heavy atom. The lowest BCUT2D eigenvalue weighted by molar-refractivity contribution is -0.142. The molecule has 0 saturated carbocycles. The van der Waals surface area contributed by atoms with E-state index in [9.17, 15) is 22.8 Å². The normalized spacial score (nSPS) is 21.6. The van der Waals surface area contributed by atoms with Crippen LogP contribution in [0.15, 0.2) is 6.07 Å². The summed E-state index contributed by atoms with van der Waals surface area (Å²) in [4.78, 5) is 24.1. The maximum atomic E-state index is 13.7. The van der Waals surface area contributed by atoms with Crippen molar-refractivity contribution in [1.29, 1.82) is 0 Å². The predicted molar refractivity (Wildman–Crippen MR) is 64.2 cm³/mol. The zero-order valence-electron chi connectivity index (χ0n) is 10.9. The summed E-state index contributed by atoms with van der Waals surface area (Å²) in [6, 6.07) is 0.353. The molecule has 1 fully saturated rings. The zero-order valence-corrected chi connectivity index (χ0v) is 10.9. The van der Waals surface area contributed by atoms with Crippen molar-refractivity contribution in [3.8, 4) is 5.75 Å². The summed E-state index contributed by atoms with van der Waals surface area (Å²) in [6.07, 6.45) is 0. The number of phenolic OH excluding ortho intramolecular Hbond substituents is 1. The number of carboxylic acids is 1. The van der Waals surface area contributed by atoms with Gasteiger partial charge >= 0.3 is 5.97 Å². The van der Waals surface area contributed by atoms with E-state index >= 15 is 0 Å². The topological polar surface area (TPSA) is 77.8 Å². The number of aliphatic carboxylic acids is 1. The van der Waals surface area contributed by atoms with E-state index in [0.717, 1.165) is 4.90 Å². The Bertz CT molecular complexity index is 620. The van der Waals surface area contributed by atoms with E-state index in [1.54, 1.807) is 6.92 Å². The molecule has 2 N–H and O–H groups in total. The molecule has 114 valence electrons. The third kappa shape index (κ3) is 2.53. The summed E-state index contributed by atoms with van der Waals surface area (Å²) in [6.45, 7) is 1.51. The maximum absolute atomic E-state index is 13.7. The van der Waals surface area contributed by atoms with Crippen LogP contribution in [0.5, 0.6) is 5.75 Å². The molecule has 2 atom stereocenters. The number of amides is 1. The molecule has 0 spiro atoms. The highest BCUT2D eigenvalue weighted by molar-refractivity contribution is 5.95. The Hall–Kier alpha value is -2.25. The van der Waals surface area contributed by atoms with E-state index in [-0.39, 0.29) is 19.0 Å². The number of carboxylic acid groups (broad SMARTS) is 1. The average molecular weight is 303 g/mol. The lowest BCUT2D eigenvalue weighted by Crippen LogP contribution is -2.30. The summed E-state index contributed by atoms with van der Waals surface area (Å²) in [5.74, 6) is -9.71. The summed E-state index contributed by atoms with van der Waals surface area (Å²) in [5.41, 5.74) is -0.829. The molecule has 1 aliphatic rings. The third-order valence-corrected chi connectivity index (χ3v) is 3.58. The van der Waals surface area contributed by atoms with Crippen molar-refractivity contribution in [2.45, 2.75) is 6.92 Å². The van der Waals surface area contributed by atoms with Crippen molar-refractivity contribution in [3.05, 3.63) is 29.1 Å². The van der Waals surface area contributed by atoms with Crippen LogP contribution >= 0.6 is 0 Å². The minimum absolute atomic E-state index is 0.0506. The van der Waals surface area contributed by atoms with Crippen LogP contribution < -0.4 is 0 Å². The molecular weight excluding hydrogens is 291 g/mol. The molecule has 1 saturated heterocycles. The molecule has 0 unspecified atom stereocenters. The van der Waals surface area contributed by atoms with Gasteiger partial charge in [-0.25, -0.2) is 8.78 Å². The number of benzene rings is 1. The van der Waals surface area contributed by atoms with Gasteiger partial charge in [0.1, 0.15) is 0 Å². The summed E-state index contributed by atoms with van der Waals surface area (Å²) in [7, 11) is 0. The molecule has 0 aromatic heterocycles. The van der Waals surface area contributed by atoms with Crippen molar-refractivity contribution in [1.82, 2.24) is 4.90 Å². The number of nitrogens with zero attached hydrogens (tertiary/aromatic N) is 1. The first-order valence-corrected chi connectivity index (χ1v) is 6.12. The lowest BCUT2D eigenvalue weighted by atomic mass is 9.99. The van der Waals surface area contributed by atoms with Gasteiger partial charge in [-0.05, 0) is 12.0 Å². The molecule has 8 heteroatoms. The van der Waals surface area contributed by atoms with Gasteiger partial charge in [-0.3, -0.25) is 9.59 Å². The number of carbonyl (C=O) groups is 2. The number of hydrogen-bond donors (Lipinski definition) is 2. The molecule has 0 bridgehead atoms. The number of halogens is 3. The van der Waals surface area contributed by atoms with Crippen molar-refractivity contribution in [2.24, 2.45) is 11.8 Å². The summed E-state index contributed by atoms with van der Waals surface area (Å²) >= 11 is 0. The standard InChI is InChI=1S/C13H12F3NO4/c1-5-3-17(4-7(5)13(20)21)12(19)6-2-8(14)10(16)11(18)9(6)15/h2,5,7,18H,3-4H2,1H3,(H,20,21)/t5-,7-/m1/s1. The minimum atomic E-state index is -1.78. The maximum Gasteiger partial charge on any atom is 0.308 e. The fourth-order valence-electron chi connectivity index (χ4n) is 2.37. The van der Waals surface area contributed by atoms with Crippen LogP contribution in [0.25, 0.3) is 0 Å². The van der Waals surface area contributed by atoms with Crippen LogP contribution in [0, 0.1) is 29.3 Å². The van der Waals surface area contributed by atoms with Gasteiger partial charge in [0.05, 0.1) is 11.5 Å². The highest BCUT2D eigenvalue weighted by Crippen LogP contribution is 2.29. The molecule has 1 aliphatic heterocycles. The van der Waals surface area contributed by atoms with Gasteiger partial charge < -0.3 is 15.1 Å². The smallest absolute Gasteiger partial charge is 0.308 e. The van der Waals surface area contributed by atoms with Gasteiger partial charge in [0.2, 0.25) is 5.82 Å². The lowest BCUT2D eigenvalue weighted by Gasteiger charge is -2.17. The first-order chi connectivity index (χ1) is 9.73. The van der Waals surface area contributed by atoms with Crippen LogP contribution in [0.4, 0.5) is 13.2 Å². The molecule has 5 nitrogen and oxygen atoms in total. The zero-order chi connectivity index (χ0) is 15.9. The largest absolute Gasteiger partial charge is 0.503 e. The highest BCUT2D eigenvalue weighted by atomic mass is 19.2. The van der Waals surface area contributed by atoms with Crippen molar-refractivity contribution < 1.29 is 33.0 Å². The van der Waals surface area contributed by atoms with E-state index < -0.39 is 46.6 Å². The fraction of sp³-hybridized carbons (Fsp3) is 0.385. The fourth-order valence-corrected chi connectivity index (χ4v) is 2.37. The van der Waals surface area contributed by atoms with Crippen molar-refractivity contribution in [2.75, 3.05) is 13.1 Å². The second-order valence-electron chi connectivity index (χ2n) is 5.01. The van der Waals surface area contributed by atoms with E-state index in [1.807, 2.05) is 0 Å². The molecular formula is C13H12F3NO4. The van der Waals surface area contributed by atoms with Crippen molar-refractivity contribution in [3.63, 3.8) is 0 Å². The van der Waals surface area contributed by atoms with Gasteiger partial charge in [0.15, 0.2) is 17.4 Å². The monoisotopic (exact) mass is 303 g/mol. The molecule has 1 heterocycles. The second-order valence-corrected chi connectivity index (χ2v) is 5.01. The SMILES string of the molecule is C[C@@H]1CN(C(=O)c2cc(F)c(F)c(O)c2F)C[C@H]1C(=O)O. The van der Waals surface area contributed by atoms with Gasteiger partial charge in [-0.15, -0.1) is 0 Å². The van der Waals surface area contributed by atoms with Gasteiger partial charge in [-0.1, -0.05) is 6.92 Å². The number of likely N-dealkylation sites (tertiary alicyclic amines) is 1. The second kappa shape index (κ2) is 5.27. The highest BCUT2D eigenvalue weighted by Gasteiger charge is 2.38. The van der Waals surface area contributed by atoms with E-state index in [2.05, 4.69) is 0 Å². The van der Waals surface area contributed by atoms with Gasteiger partial charge in [0.25, 0.3) is 5.91 Å². The third-order valence-electron chi connectivity index (χ3n) is 3.58. The predicted octanol–water partition coefficient (Wildman–Crippen LogP) is 1.60. The minimum Gasteiger partial charge on any atom is -0.503 e. The number of hydrogen-bond acceptors (Lipinski definition) is 3. The van der Waals surface area contributed by atoms with Crippen LogP contribution in [0.3, 0.4) is 0 Å². The van der Waals surface area contributed by atoms with Gasteiger partial charge in [-0.2, -0.15) is 4.39 Å². The van der Waals surface area contributed by atoms with Crippen LogP contribution in [0.2, 0.25) is 0 Å². The first kappa shape index (κ1) is 15.1. The Balaban J connectivity index is 2.32. The van der Waals surface area contributed by atoms with Crippen LogP contribution in [-0.4, -0.2) is 40.1 Å². The number of phenols is 1. The molecule has 0 radical (unpaired) electrons. The van der Waals surface area contributed by atoms with Crippen LogP contribution in [0.1, 0.15) is 17.3 Å². The van der Waals surface area contributed by atoms with Gasteiger partial charge in [0, 0.05) is 13.1 Å². The Kier molecular flexibility index (Phi) is 3.80. The number of rotatable bonds is 2. The molecule has 2 rings (SSSR count). The molecule has 1 aromatic rings. The van der Waals surface area contributed by atoms with E-state index in [4.69, 9.17) is 10.2 Å². The Labute approximate surface area is 117 Å². The van der Waals surface area contributed by atoms with Crippen LogP contribution in [-0.2, 0) is 4.79 Å². The van der Waals surface area contributed by atoms with E-state index in [0.29, 0.717) is 6.07 Å². The molecule has 21 heavy (non-hydrogen) atoms. The average Bonchev–Trinajstić information content (AvgIpc) is 2.82.